The summed E-state index contributed by atoms with van der Waals surface area (Å²) in [5.74, 6) is 0.395. The molecule has 0 spiro atoms. The highest BCUT2D eigenvalue weighted by Crippen LogP contribution is 2.26. The van der Waals surface area contributed by atoms with Crippen LogP contribution in [0, 0.1) is 5.82 Å². The highest BCUT2D eigenvalue weighted by atomic mass is 19.1. The van der Waals surface area contributed by atoms with Crippen molar-refractivity contribution in [1.82, 2.24) is 0 Å². The molecule has 1 aliphatic heterocycles. The topological polar surface area (TPSA) is 30.5 Å². The van der Waals surface area contributed by atoms with E-state index in [1.165, 1.54) is 12.1 Å². The maximum Gasteiger partial charge on any atom is 0.142 e. The van der Waals surface area contributed by atoms with Crippen LogP contribution in [-0.2, 0) is 4.74 Å². The van der Waals surface area contributed by atoms with Gasteiger partial charge in [-0.25, -0.2) is 4.39 Å². The molecule has 88 valence electrons. The van der Waals surface area contributed by atoms with Crippen LogP contribution in [0.3, 0.4) is 0 Å². The molecule has 4 heteroatoms. The van der Waals surface area contributed by atoms with E-state index in [-0.39, 0.29) is 11.9 Å². The molecule has 0 radical (unpaired) electrons. The van der Waals surface area contributed by atoms with Gasteiger partial charge in [-0.2, -0.15) is 0 Å². The maximum atomic E-state index is 13.1. The highest BCUT2D eigenvalue weighted by Gasteiger charge is 2.15. The predicted octanol–water partition coefficient (Wildman–Crippen LogP) is 2.43. The fourth-order valence-corrected chi connectivity index (χ4v) is 1.87. The van der Waals surface area contributed by atoms with Crippen molar-refractivity contribution in [2.45, 2.75) is 18.9 Å². The van der Waals surface area contributed by atoms with Crippen molar-refractivity contribution in [3.63, 3.8) is 0 Å². The van der Waals surface area contributed by atoms with Gasteiger partial charge in [0, 0.05) is 18.7 Å². The zero-order valence-corrected chi connectivity index (χ0v) is 9.33. The largest absolute Gasteiger partial charge is 0.495 e. The van der Waals surface area contributed by atoms with Crippen molar-refractivity contribution in [2.75, 3.05) is 25.6 Å². The molecule has 0 saturated carbocycles. The lowest BCUT2D eigenvalue weighted by atomic mass is 10.1. The Balaban J connectivity index is 2.09. The summed E-state index contributed by atoms with van der Waals surface area (Å²) in [7, 11) is 1.58. The summed E-state index contributed by atoms with van der Waals surface area (Å²) in [6.45, 7) is 1.48. The minimum absolute atomic E-state index is 0.240. The van der Waals surface area contributed by atoms with E-state index >= 15 is 0 Å². The van der Waals surface area contributed by atoms with Gasteiger partial charge in [0.1, 0.15) is 11.6 Å². The minimum Gasteiger partial charge on any atom is -0.495 e. The second-order valence-electron chi connectivity index (χ2n) is 3.90. The van der Waals surface area contributed by atoms with Crippen LogP contribution < -0.4 is 10.1 Å². The van der Waals surface area contributed by atoms with Crippen LogP contribution in [0.5, 0.6) is 5.75 Å². The Morgan fingerprint density at radius 3 is 3.06 bits per heavy atom. The molecule has 0 aliphatic carbocycles. The number of methoxy groups -OCH3 is 1. The van der Waals surface area contributed by atoms with Crippen LogP contribution >= 0.6 is 0 Å². The SMILES string of the molecule is COc1ccc(F)cc1NC1CCCOC1. The fraction of sp³-hybridized carbons (Fsp3) is 0.500. The zero-order chi connectivity index (χ0) is 11.4. The average molecular weight is 225 g/mol. The van der Waals surface area contributed by atoms with Gasteiger partial charge >= 0.3 is 0 Å². The molecule has 1 aromatic carbocycles. The van der Waals surface area contributed by atoms with Crippen LogP contribution in [0.2, 0.25) is 0 Å². The molecule has 3 nitrogen and oxygen atoms in total. The highest BCUT2D eigenvalue weighted by molar-refractivity contribution is 5.57. The van der Waals surface area contributed by atoms with Crippen LogP contribution in [0.15, 0.2) is 18.2 Å². The number of nitrogens with one attached hydrogen (secondary N) is 1. The van der Waals surface area contributed by atoms with E-state index in [2.05, 4.69) is 5.32 Å². The van der Waals surface area contributed by atoms with Gasteiger partial charge in [0.15, 0.2) is 0 Å². The molecule has 1 heterocycles. The molecule has 1 aromatic rings. The van der Waals surface area contributed by atoms with E-state index in [1.54, 1.807) is 13.2 Å². The molecular formula is C12H16FNO2. The van der Waals surface area contributed by atoms with Crippen molar-refractivity contribution in [3.05, 3.63) is 24.0 Å². The molecular weight excluding hydrogens is 209 g/mol. The third-order valence-electron chi connectivity index (χ3n) is 2.68. The molecule has 16 heavy (non-hydrogen) atoms. The molecule has 1 fully saturated rings. The molecule has 0 bridgehead atoms. The molecule has 0 amide bonds. The van der Waals surface area contributed by atoms with E-state index in [4.69, 9.17) is 9.47 Å². The number of ether oxygens (including phenoxy) is 2. The van der Waals surface area contributed by atoms with Crippen molar-refractivity contribution in [3.8, 4) is 5.75 Å². The summed E-state index contributed by atoms with van der Waals surface area (Å²) in [4.78, 5) is 0. The summed E-state index contributed by atoms with van der Waals surface area (Å²) in [6.07, 6.45) is 2.08. The summed E-state index contributed by atoms with van der Waals surface area (Å²) < 4.78 is 23.6. The summed E-state index contributed by atoms with van der Waals surface area (Å²) >= 11 is 0. The van der Waals surface area contributed by atoms with E-state index in [9.17, 15) is 4.39 Å². The van der Waals surface area contributed by atoms with Gasteiger partial charge in [-0.1, -0.05) is 0 Å². The smallest absolute Gasteiger partial charge is 0.142 e. The Hall–Kier alpha value is -1.29. The average Bonchev–Trinajstić information content (AvgIpc) is 2.31. The first-order chi connectivity index (χ1) is 7.79. The van der Waals surface area contributed by atoms with Gasteiger partial charge in [0.05, 0.1) is 19.4 Å². The molecule has 0 aromatic heterocycles. The van der Waals surface area contributed by atoms with E-state index in [0.717, 1.165) is 19.4 Å². The number of anilines is 1. The predicted molar refractivity (Wildman–Crippen MR) is 60.4 cm³/mol. The number of halogens is 1. The Morgan fingerprint density at radius 2 is 2.38 bits per heavy atom. The van der Waals surface area contributed by atoms with Gasteiger partial charge in [0.2, 0.25) is 0 Å². The number of rotatable bonds is 3. The van der Waals surface area contributed by atoms with Gasteiger partial charge in [-0.15, -0.1) is 0 Å². The number of hydrogen-bond donors (Lipinski definition) is 1. The number of benzene rings is 1. The van der Waals surface area contributed by atoms with Crippen molar-refractivity contribution in [1.29, 1.82) is 0 Å². The Bertz CT molecular complexity index is 351. The summed E-state index contributed by atoms with van der Waals surface area (Å²) in [5.41, 5.74) is 0.693. The van der Waals surface area contributed by atoms with E-state index in [0.29, 0.717) is 18.0 Å². The second kappa shape index (κ2) is 5.16. The van der Waals surface area contributed by atoms with Gasteiger partial charge in [-0.05, 0) is 25.0 Å². The van der Waals surface area contributed by atoms with Crippen molar-refractivity contribution >= 4 is 5.69 Å². The van der Waals surface area contributed by atoms with Gasteiger partial charge in [0.25, 0.3) is 0 Å². The Kier molecular flexibility index (Phi) is 3.62. The van der Waals surface area contributed by atoms with E-state index < -0.39 is 0 Å². The molecule has 1 saturated heterocycles. The van der Waals surface area contributed by atoms with Crippen LogP contribution in [0.25, 0.3) is 0 Å². The quantitative estimate of drug-likeness (QED) is 0.857. The lowest BCUT2D eigenvalue weighted by Crippen LogP contribution is -2.30. The fourth-order valence-electron chi connectivity index (χ4n) is 1.87. The summed E-state index contributed by atoms with van der Waals surface area (Å²) in [5, 5.41) is 3.25. The third kappa shape index (κ3) is 2.64. The van der Waals surface area contributed by atoms with Gasteiger partial charge in [-0.3, -0.25) is 0 Å². The molecule has 1 unspecified atom stereocenters. The Morgan fingerprint density at radius 1 is 1.50 bits per heavy atom. The van der Waals surface area contributed by atoms with Crippen LogP contribution in [0.4, 0.5) is 10.1 Å². The van der Waals surface area contributed by atoms with Gasteiger partial charge < -0.3 is 14.8 Å². The zero-order valence-electron chi connectivity index (χ0n) is 9.33. The molecule has 1 atom stereocenters. The molecule has 1 aliphatic rings. The first-order valence-corrected chi connectivity index (χ1v) is 5.47. The monoisotopic (exact) mass is 225 g/mol. The lowest BCUT2D eigenvalue weighted by Gasteiger charge is -2.25. The lowest BCUT2D eigenvalue weighted by molar-refractivity contribution is 0.0875. The van der Waals surface area contributed by atoms with E-state index in [1.807, 2.05) is 0 Å². The maximum absolute atomic E-state index is 13.1. The standard InChI is InChI=1S/C12H16FNO2/c1-15-12-5-4-9(13)7-11(12)14-10-3-2-6-16-8-10/h4-5,7,10,14H,2-3,6,8H2,1H3. The first-order valence-electron chi connectivity index (χ1n) is 5.47. The van der Waals surface area contributed by atoms with Crippen molar-refractivity contribution in [2.24, 2.45) is 0 Å². The van der Waals surface area contributed by atoms with Crippen LogP contribution in [-0.4, -0.2) is 26.4 Å². The molecule has 2 rings (SSSR count). The van der Waals surface area contributed by atoms with Crippen LogP contribution in [0.1, 0.15) is 12.8 Å². The molecule has 1 N–H and O–H groups in total. The first kappa shape index (κ1) is 11.2. The second-order valence-corrected chi connectivity index (χ2v) is 3.90. The normalized spacial score (nSPS) is 20.5. The third-order valence-corrected chi connectivity index (χ3v) is 2.68. The number of hydrogen-bond acceptors (Lipinski definition) is 3. The summed E-state index contributed by atoms with van der Waals surface area (Å²) in [6, 6.07) is 4.71. The minimum atomic E-state index is -0.264. The Labute approximate surface area is 94.6 Å². The van der Waals surface area contributed by atoms with Crippen molar-refractivity contribution < 1.29 is 13.9 Å².